The summed E-state index contributed by atoms with van der Waals surface area (Å²) < 4.78 is 1.71. The minimum Gasteiger partial charge on any atom is -0.277 e. The molecule has 0 saturated heterocycles. The lowest BCUT2D eigenvalue weighted by atomic mass is 10.1. The van der Waals surface area contributed by atoms with Gasteiger partial charge in [-0.05, 0) is 54.3 Å². The third kappa shape index (κ3) is 2.15. The van der Waals surface area contributed by atoms with E-state index in [0.717, 1.165) is 22.2 Å². The average molecular weight is 270 g/mol. The van der Waals surface area contributed by atoms with E-state index in [1.54, 1.807) is 22.8 Å². The Bertz CT molecular complexity index is 803. The number of pyridine rings is 1. The molecule has 3 aromatic rings. The van der Waals surface area contributed by atoms with E-state index in [1.165, 1.54) is 0 Å². The van der Waals surface area contributed by atoms with Crippen molar-refractivity contribution in [3.8, 4) is 5.69 Å². The van der Waals surface area contributed by atoms with Crippen LogP contribution in [0.5, 0.6) is 0 Å². The van der Waals surface area contributed by atoms with Crippen LogP contribution in [0, 0.1) is 6.92 Å². The monoisotopic (exact) mass is 269 g/mol. The zero-order valence-corrected chi connectivity index (χ0v) is 11.2. The van der Waals surface area contributed by atoms with Crippen molar-refractivity contribution in [2.24, 2.45) is 0 Å². The third-order valence-corrected chi connectivity index (χ3v) is 3.39. The first-order chi connectivity index (χ1) is 9.15. The van der Waals surface area contributed by atoms with Gasteiger partial charge in [0.05, 0.1) is 5.52 Å². The highest BCUT2D eigenvalue weighted by Gasteiger charge is 2.05. The number of hydrogen-bond donors (Lipinski definition) is 0. The van der Waals surface area contributed by atoms with Crippen LogP contribution in [0.1, 0.15) is 5.56 Å². The molecule has 0 saturated carbocycles. The molecule has 1 heterocycles. The maximum atomic E-state index is 12.2. The van der Waals surface area contributed by atoms with Gasteiger partial charge in [-0.2, -0.15) is 0 Å². The van der Waals surface area contributed by atoms with Gasteiger partial charge in [0, 0.05) is 16.8 Å². The Morgan fingerprint density at radius 3 is 2.37 bits per heavy atom. The lowest BCUT2D eigenvalue weighted by Gasteiger charge is -2.10. The van der Waals surface area contributed by atoms with Gasteiger partial charge in [0.25, 0.3) is 5.56 Å². The summed E-state index contributed by atoms with van der Waals surface area (Å²) in [6.45, 7) is 2.02. The largest absolute Gasteiger partial charge is 0.277 e. The van der Waals surface area contributed by atoms with E-state index < -0.39 is 0 Å². The molecule has 0 aliphatic carbocycles. The molecule has 0 aliphatic heterocycles. The predicted molar refractivity (Wildman–Crippen MR) is 79.3 cm³/mol. The molecule has 1 aromatic heterocycles. The van der Waals surface area contributed by atoms with E-state index in [1.807, 2.05) is 43.3 Å². The van der Waals surface area contributed by atoms with E-state index in [0.29, 0.717) is 5.02 Å². The molecule has 2 nitrogen and oxygen atoms in total. The molecule has 0 N–H and O–H groups in total. The number of fused-ring (bicyclic) bond motifs is 1. The number of aryl methyl sites for hydroxylation is 1. The molecule has 3 heteroatoms. The highest BCUT2D eigenvalue weighted by molar-refractivity contribution is 6.30. The summed E-state index contributed by atoms with van der Waals surface area (Å²) in [6, 6.07) is 16.8. The van der Waals surface area contributed by atoms with Crippen molar-refractivity contribution in [2.75, 3.05) is 0 Å². The fourth-order valence-corrected chi connectivity index (χ4v) is 2.33. The Morgan fingerprint density at radius 1 is 0.947 bits per heavy atom. The standard InChI is InChI=1S/C16H12ClNO/c1-11-2-3-12-4-9-16(19)18(15(12)10-11)14-7-5-13(17)6-8-14/h2-10H,1H3. The van der Waals surface area contributed by atoms with E-state index in [2.05, 4.69) is 0 Å². The van der Waals surface area contributed by atoms with Crippen molar-refractivity contribution < 1.29 is 0 Å². The van der Waals surface area contributed by atoms with E-state index >= 15 is 0 Å². The van der Waals surface area contributed by atoms with Gasteiger partial charge in [0.1, 0.15) is 0 Å². The predicted octanol–water partition coefficient (Wildman–Crippen LogP) is 3.95. The highest BCUT2D eigenvalue weighted by atomic mass is 35.5. The molecule has 2 aromatic carbocycles. The van der Waals surface area contributed by atoms with Crippen molar-refractivity contribution in [1.82, 2.24) is 4.57 Å². The quantitative estimate of drug-likeness (QED) is 0.656. The molecule has 3 rings (SSSR count). The summed E-state index contributed by atoms with van der Waals surface area (Å²) in [5.41, 5.74) is 2.82. The molecular weight excluding hydrogens is 258 g/mol. The topological polar surface area (TPSA) is 22.0 Å². The van der Waals surface area contributed by atoms with E-state index in [9.17, 15) is 4.79 Å². The summed E-state index contributed by atoms with van der Waals surface area (Å²) in [5, 5.41) is 1.70. The molecule has 0 atom stereocenters. The normalized spacial score (nSPS) is 10.8. The summed E-state index contributed by atoms with van der Waals surface area (Å²) in [7, 11) is 0. The Balaban J connectivity index is 2.38. The van der Waals surface area contributed by atoms with Crippen LogP contribution >= 0.6 is 11.6 Å². The van der Waals surface area contributed by atoms with Gasteiger partial charge < -0.3 is 0 Å². The Kier molecular flexibility index (Phi) is 2.88. The van der Waals surface area contributed by atoms with Crippen molar-refractivity contribution in [3.05, 3.63) is 75.5 Å². The van der Waals surface area contributed by atoms with Gasteiger partial charge in [0.15, 0.2) is 0 Å². The summed E-state index contributed by atoms with van der Waals surface area (Å²) in [6.07, 6.45) is 0. The van der Waals surface area contributed by atoms with Crippen molar-refractivity contribution >= 4 is 22.5 Å². The molecule has 0 unspecified atom stereocenters. The average Bonchev–Trinajstić information content (AvgIpc) is 2.40. The fraction of sp³-hybridized carbons (Fsp3) is 0.0625. The summed E-state index contributed by atoms with van der Waals surface area (Å²) in [5.74, 6) is 0. The van der Waals surface area contributed by atoms with Crippen LogP contribution in [0.3, 0.4) is 0 Å². The molecule has 94 valence electrons. The smallest absolute Gasteiger partial charge is 0.255 e. The molecule has 0 aliphatic rings. The maximum Gasteiger partial charge on any atom is 0.255 e. The number of nitrogens with zero attached hydrogens (tertiary/aromatic N) is 1. The lowest BCUT2D eigenvalue weighted by molar-refractivity contribution is 1.04. The first-order valence-electron chi connectivity index (χ1n) is 6.03. The van der Waals surface area contributed by atoms with Crippen molar-refractivity contribution in [3.63, 3.8) is 0 Å². The highest BCUT2D eigenvalue weighted by Crippen LogP contribution is 2.19. The SMILES string of the molecule is Cc1ccc2ccc(=O)n(-c3ccc(Cl)cc3)c2c1. The molecular formula is C16H12ClNO. The molecule has 0 radical (unpaired) electrons. The Labute approximate surface area is 115 Å². The fourth-order valence-electron chi connectivity index (χ4n) is 2.20. The second-order valence-electron chi connectivity index (χ2n) is 4.55. The molecule has 0 spiro atoms. The van der Waals surface area contributed by atoms with Gasteiger partial charge in [-0.1, -0.05) is 23.7 Å². The lowest BCUT2D eigenvalue weighted by Crippen LogP contribution is -2.17. The zero-order valence-electron chi connectivity index (χ0n) is 10.4. The Hall–Kier alpha value is -2.06. The van der Waals surface area contributed by atoms with E-state index in [-0.39, 0.29) is 5.56 Å². The van der Waals surface area contributed by atoms with Crippen molar-refractivity contribution in [2.45, 2.75) is 6.92 Å². The van der Waals surface area contributed by atoms with Gasteiger partial charge in [-0.15, -0.1) is 0 Å². The van der Waals surface area contributed by atoms with Gasteiger partial charge in [0.2, 0.25) is 0 Å². The van der Waals surface area contributed by atoms with Crippen LogP contribution in [-0.4, -0.2) is 4.57 Å². The minimum atomic E-state index is -0.0413. The first-order valence-corrected chi connectivity index (χ1v) is 6.41. The van der Waals surface area contributed by atoms with Gasteiger partial charge in [-0.3, -0.25) is 9.36 Å². The van der Waals surface area contributed by atoms with Crippen LogP contribution in [0.2, 0.25) is 5.02 Å². The maximum absolute atomic E-state index is 12.2. The zero-order chi connectivity index (χ0) is 13.4. The van der Waals surface area contributed by atoms with Crippen LogP contribution < -0.4 is 5.56 Å². The van der Waals surface area contributed by atoms with Crippen LogP contribution in [-0.2, 0) is 0 Å². The second-order valence-corrected chi connectivity index (χ2v) is 4.98. The molecule has 0 fully saturated rings. The number of benzene rings is 2. The number of hydrogen-bond acceptors (Lipinski definition) is 1. The minimum absolute atomic E-state index is 0.0413. The van der Waals surface area contributed by atoms with Crippen LogP contribution in [0.15, 0.2) is 59.4 Å². The third-order valence-electron chi connectivity index (χ3n) is 3.14. The van der Waals surface area contributed by atoms with Gasteiger partial charge >= 0.3 is 0 Å². The summed E-state index contributed by atoms with van der Waals surface area (Å²) >= 11 is 5.89. The second kappa shape index (κ2) is 4.56. The number of halogens is 1. The van der Waals surface area contributed by atoms with Crippen molar-refractivity contribution in [1.29, 1.82) is 0 Å². The molecule has 19 heavy (non-hydrogen) atoms. The number of rotatable bonds is 1. The van der Waals surface area contributed by atoms with Gasteiger partial charge in [-0.25, -0.2) is 0 Å². The first kappa shape index (κ1) is 12.0. The summed E-state index contributed by atoms with van der Waals surface area (Å²) in [4.78, 5) is 12.2. The molecule has 0 bridgehead atoms. The molecule has 0 amide bonds. The van der Waals surface area contributed by atoms with Crippen LogP contribution in [0.4, 0.5) is 0 Å². The van der Waals surface area contributed by atoms with E-state index in [4.69, 9.17) is 11.6 Å². The van der Waals surface area contributed by atoms with Crippen LogP contribution in [0.25, 0.3) is 16.6 Å². The Morgan fingerprint density at radius 2 is 1.63 bits per heavy atom. The number of aromatic nitrogens is 1.